The monoisotopic (exact) mass is 998 g/mol. The van der Waals surface area contributed by atoms with Crippen LogP contribution in [0.2, 0.25) is 0 Å². The summed E-state index contributed by atoms with van der Waals surface area (Å²) in [6.07, 6.45) is 7.40. The van der Waals surface area contributed by atoms with Crippen LogP contribution in [-0.4, -0.2) is 137 Å². The highest BCUT2D eigenvalue weighted by Gasteiger charge is 2.48. The lowest BCUT2D eigenvalue weighted by atomic mass is 9.76. The maximum Gasteiger partial charge on any atom is 0.335 e. The number of hydrogen-bond donors (Lipinski definition) is 0. The molecule has 0 aliphatic carbocycles. The second kappa shape index (κ2) is 20.7. The number of hydrogen-bond acceptors (Lipinski definition) is 19. The Labute approximate surface area is 383 Å². The third-order valence-corrected chi connectivity index (χ3v) is 14.7. The summed E-state index contributed by atoms with van der Waals surface area (Å²) < 4.78 is 155. The van der Waals surface area contributed by atoms with Crippen molar-refractivity contribution in [2.75, 3.05) is 56.4 Å². The Kier molecular flexibility index (Phi) is 16.4. The van der Waals surface area contributed by atoms with E-state index in [0.29, 0.717) is 39.0 Å². The van der Waals surface area contributed by atoms with E-state index < -0.39 is 90.4 Å². The molecule has 0 aromatic heterocycles. The minimum Gasteiger partial charge on any atom is -0.748 e. The molecule has 25 heteroatoms. The van der Waals surface area contributed by atoms with Crippen LogP contribution in [0.3, 0.4) is 0 Å². The number of methoxy groups -OCH3 is 1. The van der Waals surface area contributed by atoms with E-state index in [-0.39, 0.29) is 77.9 Å². The first-order valence-corrected chi connectivity index (χ1v) is 26.4. The minimum atomic E-state index is -4.97. The Hall–Kier alpha value is -4.70. The molecule has 66 heavy (non-hydrogen) atoms. The normalized spacial score (nSPS) is 21.0. The lowest BCUT2D eigenvalue weighted by Crippen LogP contribution is -2.33. The molecule has 21 nitrogen and oxygen atoms in total. The van der Waals surface area contributed by atoms with Crippen LogP contribution in [0.1, 0.15) is 69.9 Å². The van der Waals surface area contributed by atoms with Gasteiger partial charge in [0.05, 0.1) is 55.1 Å². The number of anilines is 1. The molecule has 0 spiro atoms. The maximum absolute atomic E-state index is 12.3. The van der Waals surface area contributed by atoms with Gasteiger partial charge in [-0.25, -0.2) is 38.5 Å². The zero-order valence-corrected chi connectivity index (χ0v) is 39.3. The van der Waals surface area contributed by atoms with Crippen LogP contribution in [0.4, 0.5) is 11.4 Å². The van der Waals surface area contributed by atoms with Gasteiger partial charge in [-0.2, -0.15) is 4.58 Å². The van der Waals surface area contributed by atoms with Gasteiger partial charge in [0.15, 0.2) is 12.3 Å². The fourth-order valence-electron chi connectivity index (χ4n) is 8.35. The van der Waals surface area contributed by atoms with Gasteiger partial charge in [0.1, 0.15) is 26.8 Å². The predicted octanol–water partition coefficient (Wildman–Crippen LogP) is 1.94. The molecule has 0 radical (unpaired) electrons. The number of ether oxygens (including phenoxy) is 2. The Balaban J connectivity index is 1.52. The molecule has 2 amide bonds. The number of rotatable bonds is 23. The molecule has 3 aliphatic rings. The maximum atomic E-state index is 12.3. The van der Waals surface area contributed by atoms with Crippen LogP contribution in [0.5, 0.6) is 0 Å². The van der Waals surface area contributed by atoms with Gasteiger partial charge in [-0.15, -0.1) is 5.06 Å². The third kappa shape index (κ3) is 12.6. The molecule has 1 fully saturated rings. The number of nitrogens with zero attached hydrogens (tertiary/aromatic N) is 3. The number of fused-ring (bicyclic) bond motifs is 2. The molecule has 3 heterocycles. The number of allylic oxidation sites excluding steroid dienone is 6. The van der Waals surface area contributed by atoms with E-state index >= 15 is 0 Å². The zero-order chi connectivity index (χ0) is 48.9. The molecule has 362 valence electrons. The number of carbonyl (C=O) groups excluding carboxylic acids is 3. The molecule has 5 rings (SSSR count). The van der Waals surface area contributed by atoms with Crippen molar-refractivity contribution in [3.05, 3.63) is 83.6 Å². The molecule has 2 aromatic carbocycles. The van der Waals surface area contributed by atoms with E-state index in [2.05, 4.69) is 0 Å². The first kappa shape index (κ1) is 52.3. The van der Waals surface area contributed by atoms with Crippen molar-refractivity contribution in [2.45, 2.75) is 79.4 Å². The molecule has 0 bridgehead atoms. The number of benzene rings is 2. The SMILES string of the molecule is COCCN1C(=CC=CC=CC2=[N+](CCOCCC(=O)ON3C(=O)CCC3=O)c3ccc(S(=O)(=O)[O-])cc3C2(C)CCCS(=O)(=O)[O-])C(C)(CCCS(=O)(=O)[O-])c2cc(S(=O)(=O)[O-])ccc21. The summed E-state index contributed by atoms with van der Waals surface area (Å²) in [5.41, 5.74) is 0.316. The average Bonchev–Trinajstić information content (AvgIpc) is 3.74. The van der Waals surface area contributed by atoms with Gasteiger partial charge in [0.2, 0.25) is 5.69 Å². The molecule has 2 atom stereocenters. The van der Waals surface area contributed by atoms with Crippen molar-refractivity contribution in [1.29, 1.82) is 0 Å². The Morgan fingerprint density at radius 2 is 1.33 bits per heavy atom. The molecule has 3 aliphatic heterocycles. The van der Waals surface area contributed by atoms with Gasteiger partial charge < -0.3 is 37.4 Å². The number of hydroxylamine groups is 2. The van der Waals surface area contributed by atoms with Crippen molar-refractivity contribution >= 4 is 75.3 Å². The van der Waals surface area contributed by atoms with E-state index in [9.17, 15) is 66.3 Å². The topological polar surface area (TPSA) is 317 Å². The van der Waals surface area contributed by atoms with Crippen molar-refractivity contribution < 1.29 is 85.2 Å². The molecule has 1 saturated heterocycles. The third-order valence-electron chi connectivity index (χ3n) is 11.5. The van der Waals surface area contributed by atoms with Crippen molar-refractivity contribution in [3.63, 3.8) is 0 Å². The van der Waals surface area contributed by atoms with Crippen LogP contribution in [-0.2, 0) is 80.0 Å². The van der Waals surface area contributed by atoms with E-state index in [1.54, 1.807) is 48.8 Å². The van der Waals surface area contributed by atoms with Gasteiger partial charge in [0, 0.05) is 72.5 Å². The summed E-state index contributed by atoms with van der Waals surface area (Å²) in [6, 6.07) is 7.55. The molecule has 2 aromatic rings. The van der Waals surface area contributed by atoms with Crippen molar-refractivity contribution in [2.24, 2.45) is 0 Å². The second-order valence-electron chi connectivity index (χ2n) is 16.0. The predicted molar refractivity (Wildman–Crippen MR) is 229 cm³/mol. The summed E-state index contributed by atoms with van der Waals surface area (Å²) in [4.78, 5) is 41.6. The van der Waals surface area contributed by atoms with Gasteiger partial charge >= 0.3 is 5.97 Å². The number of amides is 2. The Morgan fingerprint density at radius 3 is 1.91 bits per heavy atom. The smallest absolute Gasteiger partial charge is 0.335 e. The van der Waals surface area contributed by atoms with Gasteiger partial charge in [-0.05, 0) is 81.5 Å². The zero-order valence-electron chi connectivity index (χ0n) is 36.1. The lowest BCUT2D eigenvalue weighted by Gasteiger charge is -2.30. The largest absolute Gasteiger partial charge is 0.748 e. The molecule has 0 N–H and O–H groups in total. The van der Waals surface area contributed by atoms with Crippen molar-refractivity contribution in [1.82, 2.24) is 5.06 Å². The first-order valence-electron chi connectivity index (χ1n) is 20.4. The first-order chi connectivity index (χ1) is 30.7. The second-order valence-corrected chi connectivity index (χ2v) is 21.9. The highest BCUT2D eigenvalue weighted by atomic mass is 32.2. The van der Waals surface area contributed by atoms with Crippen LogP contribution >= 0.6 is 0 Å². The quantitative estimate of drug-likeness (QED) is 0.0505. The molecular formula is C41H48N3O18S4-3. The van der Waals surface area contributed by atoms with E-state index in [1.807, 2.05) is 4.90 Å². The molecule has 2 unspecified atom stereocenters. The van der Waals surface area contributed by atoms with Crippen LogP contribution < -0.4 is 4.90 Å². The summed E-state index contributed by atoms with van der Waals surface area (Å²) in [7, 11) is -17.7. The van der Waals surface area contributed by atoms with Crippen LogP contribution in [0.15, 0.2) is 82.3 Å². The molecule has 0 saturated carbocycles. The number of imide groups is 1. The fourth-order valence-corrected chi connectivity index (χ4v) is 10.3. The van der Waals surface area contributed by atoms with E-state index in [0.717, 1.165) is 12.1 Å². The van der Waals surface area contributed by atoms with Gasteiger partial charge in [0.25, 0.3) is 11.8 Å². The highest BCUT2D eigenvalue weighted by Crippen LogP contribution is 2.51. The fraction of sp³-hybridized carbons (Fsp3) is 0.463. The van der Waals surface area contributed by atoms with Crippen molar-refractivity contribution in [3.8, 4) is 0 Å². The highest BCUT2D eigenvalue weighted by molar-refractivity contribution is 7.86. The average molecular weight is 999 g/mol. The minimum absolute atomic E-state index is 0.0143. The summed E-state index contributed by atoms with van der Waals surface area (Å²) in [5.74, 6) is -3.66. The molecular weight excluding hydrogens is 951 g/mol. The number of carbonyl (C=O) groups is 3. The van der Waals surface area contributed by atoms with Crippen LogP contribution in [0.25, 0.3) is 0 Å². The summed E-state index contributed by atoms with van der Waals surface area (Å²) >= 11 is 0. The van der Waals surface area contributed by atoms with E-state index in [4.69, 9.17) is 14.3 Å². The standard InChI is InChI=1S/C41H51N3O18S4/c1-40(18-7-25-63(48,49)50)31-27-29(65(54,55)56)11-13-33(31)42(20-23-60-3)35(40)9-5-4-6-10-36-41(2,19-8-26-64(51,52)53)32-28-30(66(57,58)59)12-14-34(32)43(36)21-24-61-22-17-39(47)62-44-37(45)15-16-38(44)46/h4-6,9-14,27-28H,7-8,15-26H2,1-3H3,(H3-,48,49,50,51,52,53,54,55,56,57,58,59)/p-3. The van der Waals surface area contributed by atoms with E-state index in [1.165, 1.54) is 31.4 Å². The lowest BCUT2D eigenvalue weighted by molar-refractivity contribution is -0.442. The Bertz CT molecular complexity index is 2810. The summed E-state index contributed by atoms with van der Waals surface area (Å²) in [5, 5.41) is 0.409. The Morgan fingerprint density at radius 1 is 0.758 bits per heavy atom. The van der Waals surface area contributed by atoms with Crippen LogP contribution in [0, 0.1) is 0 Å². The van der Waals surface area contributed by atoms with Gasteiger partial charge in [-0.1, -0.05) is 18.2 Å². The van der Waals surface area contributed by atoms with Gasteiger partial charge in [-0.3, -0.25) is 9.59 Å². The summed E-state index contributed by atoms with van der Waals surface area (Å²) in [6.45, 7) is 3.61.